The third-order valence-electron chi connectivity index (χ3n) is 2.23. The molecule has 1 heterocycles. The Bertz CT molecular complexity index is 405. The molecule has 0 unspecified atom stereocenters. The van der Waals surface area contributed by atoms with E-state index >= 15 is 0 Å². The maximum atomic E-state index is 12.7. The average molecular weight is 215 g/mol. The van der Waals surface area contributed by atoms with E-state index < -0.39 is 6.29 Å². The molecule has 1 aromatic carbocycles. The molecule has 82 valence electrons. The molecule has 2 N–H and O–H groups in total. The molecule has 0 radical (unpaired) electrons. The van der Waals surface area contributed by atoms with Crippen molar-refractivity contribution in [3.63, 3.8) is 0 Å². The summed E-state index contributed by atoms with van der Waals surface area (Å²) < 4.78 is 34.0. The predicted octanol–water partition coefficient (Wildman–Crippen LogP) is 2.71. The molecule has 2 rings (SSSR count). The van der Waals surface area contributed by atoms with Crippen molar-refractivity contribution in [1.82, 2.24) is 0 Å². The van der Waals surface area contributed by atoms with Gasteiger partial charge in [-0.2, -0.15) is 0 Å². The Balaban J connectivity index is 2.45. The van der Waals surface area contributed by atoms with E-state index in [2.05, 4.69) is 9.47 Å². The van der Waals surface area contributed by atoms with Crippen molar-refractivity contribution in [2.24, 2.45) is 0 Å². The SMILES string of the molecule is CC(C)c1cc2c(cc1N)OC(F)(F)O2. The molecule has 3 nitrogen and oxygen atoms in total. The van der Waals surface area contributed by atoms with Crippen LogP contribution in [0.1, 0.15) is 25.3 Å². The Morgan fingerprint density at radius 2 is 1.73 bits per heavy atom. The van der Waals surface area contributed by atoms with Gasteiger partial charge in [0.15, 0.2) is 11.5 Å². The molecule has 0 fully saturated rings. The fourth-order valence-electron chi connectivity index (χ4n) is 1.53. The van der Waals surface area contributed by atoms with Gasteiger partial charge in [0.2, 0.25) is 0 Å². The van der Waals surface area contributed by atoms with Crippen LogP contribution in [0.4, 0.5) is 14.5 Å². The minimum absolute atomic E-state index is 0.0121. The minimum atomic E-state index is -3.58. The van der Waals surface area contributed by atoms with Gasteiger partial charge >= 0.3 is 6.29 Å². The summed E-state index contributed by atoms with van der Waals surface area (Å²) in [6.07, 6.45) is -3.58. The van der Waals surface area contributed by atoms with Crippen molar-refractivity contribution in [2.45, 2.75) is 26.1 Å². The van der Waals surface area contributed by atoms with Crippen LogP contribution in [0, 0.1) is 0 Å². The fourth-order valence-corrected chi connectivity index (χ4v) is 1.53. The van der Waals surface area contributed by atoms with E-state index in [0.29, 0.717) is 5.69 Å². The third kappa shape index (κ3) is 1.69. The molecule has 0 saturated carbocycles. The number of halogens is 2. The molecule has 0 aliphatic carbocycles. The lowest BCUT2D eigenvalue weighted by Gasteiger charge is -2.09. The fraction of sp³-hybridized carbons (Fsp3) is 0.400. The Kier molecular flexibility index (Phi) is 1.99. The van der Waals surface area contributed by atoms with Crippen LogP contribution >= 0.6 is 0 Å². The maximum Gasteiger partial charge on any atom is 0.586 e. The van der Waals surface area contributed by atoms with Gasteiger partial charge in [-0.1, -0.05) is 13.8 Å². The highest BCUT2D eigenvalue weighted by Gasteiger charge is 2.43. The van der Waals surface area contributed by atoms with Gasteiger partial charge in [-0.3, -0.25) is 0 Å². The number of anilines is 1. The summed E-state index contributed by atoms with van der Waals surface area (Å²) in [5, 5.41) is 0. The van der Waals surface area contributed by atoms with Crippen molar-refractivity contribution < 1.29 is 18.3 Å². The molecule has 1 aliphatic rings. The van der Waals surface area contributed by atoms with Gasteiger partial charge in [0, 0.05) is 11.8 Å². The number of benzene rings is 1. The van der Waals surface area contributed by atoms with E-state index in [1.807, 2.05) is 13.8 Å². The van der Waals surface area contributed by atoms with E-state index in [9.17, 15) is 8.78 Å². The lowest BCUT2D eigenvalue weighted by molar-refractivity contribution is -0.286. The van der Waals surface area contributed by atoms with Crippen molar-refractivity contribution in [2.75, 3.05) is 5.73 Å². The first-order chi connectivity index (χ1) is 6.89. The number of nitrogen functional groups attached to an aromatic ring is 1. The first-order valence-electron chi connectivity index (χ1n) is 4.58. The Labute approximate surface area is 85.8 Å². The standard InChI is InChI=1S/C10H11F2NO2/c1-5(2)6-3-8-9(4-7(6)13)15-10(11,12)14-8/h3-5H,13H2,1-2H3. The van der Waals surface area contributed by atoms with E-state index in [1.165, 1.54) is 12.1 Å². The molecule has 0 atom stereocenters. The van der Waals surface area contributed by atoms with Crippen LogP contribution in [0.3, 0.4) is 0 Å². The van der Waals surface area contributed by atoms with Crippen molar-refractivity contribution >= 4 is 5.69 Å². The molecule has 0 amide bonds. The lowest BCUT2D eigenvalue weighted by Crippen LogP contribution is -2.25. The smallest absolute Gasteiger partial charge is 0.398 e. The summed E-state index contributed by atoms with van der Waals surface area (Å²) in [6.45, 7) is 3.85. The maximum absolute atomic E-state index is 12.7. The van der Waals surface area contributed by atoms with Crippen molar-refractivity contribution in [1.29, 1.82) is 0 Å². The second kappa shape index (κ2) is 2.98. The number of hydrogen-bond acceptors (Lipinski definition) is 3. The second-order valence-corrected chi connectivity index (χ2v) is 3.75. The first kappa shape index (κ1) is 10.0. The van der Waals surface area contributed by atoms with E-state index in [0.717, 1.165) is 5.56 Å². The summed E-state index contributed by atoms with van der Waals surface area (Å²) in [5.41, 5.74) is 6.91. The molecule has 15 heavy (non-hydrogen) atoms. The number of nitrogens with two attached hydrogens (primary N) is 1. The molecule has 0 bridgehead atoms. The molecule has 1 aromatic rings. The summed E-state index contributed by atoms with van der Waals surface area (Å²) in [7, 11) is 0. The van der Waals surface area contributed by atoms with Gasteiger partial charge in [0.05, 0.1) is 0 Å². The van der Waals surface area contributed by atoms with Gasteiger partial charge in [-0.25, -0.2) is 0 Å². The van der Waals surface area contributed by atoms with E-state index in [-0.39, 0.29) is 17.4 Å². The molecule has 0 spiro atoms. The third-order valence-corrected chi connectivity index (χ3v) is 2.23. The number of fused-ring (bicyclic) bond motifs is 1. The molecule has 0 saturated heterocycles. The molecular formula is C10H11F2NO2. The van der Waals surface area contributed by atoms with Crippen LogP contribution in [0.2, 0.25) is 0 Å². The summed E-state index contributed by atoms with van der Waals surface area (Å²) in [5.74, 6) is 0.174. The normalized spacial score (nSPS) is 17.1. The Morgan fingerprint density at radius 3 is 2.27 bits per heavy atom. The van der Waals surface area contributed by atoms with Gasteiger partial charge in [0.25, 0.3) is 0 Å². The van der Waals surface area contributed by atoms with Crippen molar-refractivity contribution in [3.8, 4) is 11.5 Å². The molecule has 5 heteroatoms. The predicted molar refractivity (Wildman–Crippen MR) is 51.1 cm³/mol. The van der Waals surface area contributed by atoms with Gasteiger partial charge in [-0.15, -0.1) is 8.78 Å². The Morgan fingerprint density at radius 1 is 1.20 bits per heavy atom. The largest absolute Gasteiger partial charge is 0.586 e. The van der Waals surface area contributed by atoms with Crippen LogP contribution < -0.4 is 15.2 Å². The molecule has 0 aromatic heterocycles. The number of ether oxygens (including phenoxy) is 2. The topological polar surface area (TPSA) is 44.5 Å². The highest BCUT2D eigenvalue weighted by Crippen LogP contribution is 2.44. The monoisotopic (exact) mass is 215 g/mol. The van der Waals surface area contributed by atoms with E-state index in [1.54, 1.807) is 0 Å². The van der Waals surface area contributed by atoms with Crippen LogP contribution in [-0.2, 0) is 0 Å². The summed E-state index contributed by atoms with van der Waals surface area (Å²) in [4.78, 5) is 0. The average Bonchev–Trinajstić information content (AvgIpc) is 2.36. The van der Waals surface area contributed by atoms with Gasteiger partial charge in [-0.05, 0) is 17.5 Å². The summed E-state index contributed by atoms with van der Waals surface area (Å²) >= 11 is 0. The zero-order valence-electron chi connectivity index (χ0n) is 8.38. The van der Waals surface area contributed by atoms with E-state index in [4.69, 9.17) is 5.73 Å². The highest BCUT2D eigenvalue weighted by atomic mass is 19.3. The lowest BCUT2D eigenvalue weighted by atomic mass is 10.0. The number of alkyl halides is 2. The minimum Gasteiger partial charge on any atom is -0.398 e. The van der Waals surface area contributed by atoms with Crippen LogP contribution in [-0.4, -0.2) is 6.29 Å². The first-order valence-corrected chi connectivity index (χ1v) is 4.58. The Hall–Kier alpha value is -1.52. The van der Waals surface area contributed by atoms with Gasteiger partial charge < -0.3 is 15.2 Å². The van der Waals surface area contributed by atoms with Crippen LogP contribution in [0.15, 0.2) is 12.1 Å². The van der Waals surface area contributed by atoms with Crippen LogP contribution in [0.5, 0.6) is 11.5 Å². The molecule has 1 aliphatic heterocycles. The van der Waals surface area contributed by atoms with Crippen molar-refractivity contribution in [3.05, 3.63) is 17.7 Å². The van der Waals surface area contributed by atoms with Gasteiger partial charge in [0.1, 0.15) is 0 Å². The zero-order valence-corrected chi connectivity index (χ0v) is 8.38. The summed E-state index contributed by atoms with van der Waals surface area (Å²) in [6, 6.07) is 2.86. The second-order valence-electron chi connectivity index (χ2n) is 3.75. The molecular weight excluding hydrogens is 204 g/mol. The number of rotatable bonds is 1. The highest BCUT2D eigenvalue weighted by molar-refractivity contribution is 5.59. The number of hydrogen-bond donors (Lipinski definition) is 1. The zero-order chi connectivity index (χ0) is 11.2. The quantitative estimate of drug-likeness (QED) is 0.732. The van der Waals surface area contributed by atoms with Crippen LogP contribution in [0.25, 0.3) is 0 Å².